The van der Waals surface area contributed by atoms with Crippen molar-refractivity contribution < 1.29 is 0 Å². The maximum absolute atomic E-state index is 5.05. The molecule has 4 heteroatoms. The molecule has 0 atom stereocenters. The van der Waals surface area contributed by atoms with Crippen LogP contribution in [-0.2, 0) is 0 Å². The smallest absolute Gasteiger partial charge is 0.164 e. The zero-order valence-corrected chi connectivity index (χ0v) is 26.1. The van der Waals surface area contributed by atoms with E-state index in [1.165, 1.54) is 11.1 Å². The van der Waals surface area contributed by atoms with Crippen LogP contribution >= 0.6 is 0 Å². The molecule has 6 aromatic carbocycles. The van der Waals surface area contributed by atoms with Gasteiger partial charge in [-0.05, 0) is 63.7 Å². The monoisotopic (exact) mass is 614 g/mol. The van der Waals surface area contributed by atoms with Crippen LogP contribution in [0.3, 0.4) is 0 Å². The molecule has 48 heavy (non-hydrogen) atoms. The minimum absolute atomic E-state index is 0.622. The van der Waals surface area contributed by atoms with Gasteiger partial charge < -0.3 is 0 Å². The van der Waals surface area contributed by atoms with E-state index >= 15 is 0 Å². The number of hydrogen-bond donors (Lipinski definition) is 0. The topological polar surface area (TPSA) is 51.6 Å². The number of rotatable bonds is 7. The molecule has 0 saturated heterocycles. The van der Waals surface area contributed by atoms with Gasteiger partial charge in [0.2, 0.25) is 0 Å². The maximum Gasteiger partial charge on any atom is 0.164 e. The van der Waals surface area contributed by atoms with E-state index in [1.807, 2.05) is 91.1 Å². The molecule has 0 aliphatic carbocycles. The molecule has 0 saturated carbocycles. The zero-order chi connectivity index (χ0) is 32.1. The van der Waals surface area contributed by atoms with Gasteiger partial charge in [0.05, 0.1) is 5.69 Å². The summed E-state index contributed by atoms with van der Waals surface area (Å²) in [6.45, 7) is 0. The first-order chi connectivity index (χ1) is 23.8. The molecular weight excluding hydrogens is 585 g/mol. The van der Waals surface area contributed by atoms with E-state index in [0.717, 1.165) is 50.2 Å². The largest absolute Gasteiger partial charge is 0.256 e. The first kappa shape index (κ1) is 28.9. The Hall–Kier alpha value is -6.52. The molecule has 0 fully saturated rings. The average molecular weight is 615 g/mol. The second-order valence-electron chi connectivity index (χ2n) is 11.6. The highest BCUT2D eigenvalue weighted by atomic mass is 15.0. The van der Waals surface area contributed by atoms with Crippen LogP contribution < -0.4 is 0 Å². The summed E-state index contributed by atoms with van der Waals surface area (Å²) in [7, 11) is 0. The maximum atomic E-state index is 5.05. The Morgan fingerprint density at radius 2 is 0.604 bits per heavy atom. The van der Waals surface area contributed by atoms with E-state index in [1.54, 1.807) is 0 Å². The van der Waals surface area contributed by atoms with Crippen molar-refractivity contribution in [1.82, 2.24) is 19.9 Å². The molecule has 0 spiro atoms. The van der Waals surface area contributed by atoms with Gasteiger partial charge in [-0.1, -0.05) is 146 Å². The molecule has 0 aliphatic rings. The van der Waals surface area contributed by atoms with Crippen molar-refractivity contribution in [3.8, 4) is 78.8 Å². The fraction of sp³-hybridized carbons (Fsp3) is 0. The SMILES string of the molecule is c1ccc(-c2ccc(-c3cc(-c4ccc(-c5ccccn5)cc4)cc(-c4nc(-c5ccccc5)nc(-c5ccccc5)n4)c3)cc2)cc1. The van der Waals surface area contributed by atoms with Crippen molar-refractivity contribution in [3.05, 3.63) is 182 Å². The van der Waals surface area contributed by atoms with Gasteiger partial charge in [-0.3, -0.25) is 4.98 Å². The fourth-order valence-corrected chi connectivity index (χ4v) is 5.88. The van der Waals surface area contributed by atoms with Crippen molar-refractivity contribution in [2.24, 2.45) is 0 Å². The van der Waals surface area contributed by atoms with Gasteiger partial charge in [0, 0.05) is 28.5 Å². The van der Waals surface area contributed by atoms with Crippen LogP contribution in [0.5, 0.6) is 0 Å². The Morgan fingerprint density at radius 3 is 1.06 bits per heavy atom. The summed E-state index contributed by atoms with van der Waals surface area (Å²) in [5, 5.41) is 0. The van der Waals surface area contributed by atoms with Gasteiger partial charge in [-0.25, -0.2) is 15.0 Å². The molecule has 8 rings (SSSR count). The quantitative estimate of drug-likeness (QED) is 0.179. The molecule has 0 radical (unpaired) electrons. The van der Waals surface area contributed by atoms with Gasteiger partial charge in [-0.15, -0.1) is 0 Å². The number of nitrogens with zero attached hydrogens (tertiary/aromatic N) is 4. The van der Waals surface area contributed by atoms with Crippen molar-refractivity contribution in [1.29, 1.82) is 0 Å². The Morgan fingerprint density at radius 1 is 0.250 bits per heavy atom. The van der Waals surface area contributed by atoms with Crippen molar-refractivity contribution >= 4 is 0 Å². The molecular formula is C44H30N4. The summed E-state index contributed by atoms with van der Waals surface area (Å²) in [6, 6.07) is 60.5. The predicted octanol–water partition coefficient (Wildman–Crippen LogP) is 10.9. The molecule has 0 aliphatic heterocycles. The highest BCUT2D eigenvalue weighted by Crippen LogP contribution is 2.35. The summed E-state index contributed by atoms with van der Waals surface area (Å²) in [4.78, 5) is 19.5. The minimum atomic E-state index is 0.622. The lowest BCUT2D eigenvalue weighted by atomic mass is 9.94. The third-order valence-corrected chi connectivity index (χ3v) is 8.39. The van der Waals surface area contributed by atoms with Crippen LogP contribution in [-0.4, -0.2) is 19.9 Å². The Bertz CT molecular complexity index is 2130. The zero-order valence-electron chi connectivity index (χ0n) is 26.1. The van der Waals surface area contributed by atoms with Crippen molar-refractivity contribution in [3.63, 3.8) is 0 Å². The third kappa shape index (κ3) is 6.15. The van der Waals surface area contributed by atoms with E-state index in [-0.39, 0.29) is 0 Å². The predicted molar refractivity (Wildman–Crippen MR) is 196 cm³/mol. The number of aromatic nitrogens is 4. The van der Waals surface area contributed by atoms with Gasteiger partial charge in [0.15, 0.2) is 17.5 Å². The summed E-state index contributed by atoms with van der Waals surface area (Å²) >= 11 is 0. The highest BCUT2D eigenvalue weighted by molar-refractivity contribution is 5.82. The third-order valence-electron chi connectivity index (χ3n) is 8.39. The standard InChI is InChI=1S/C44H30N4/c1-4-12-31(13-5-1)32-19-21-33(22-20-32)38-28-39(34-23-25-35(26-24-34)41-18-10-11-27-45-41)30-40(29-38)44-47-42(36-14-6-2-7-15-36)46-43(48-44)37-16-8-3-9-17-37/h1-30H. The van der Waals surface area contributed by atoms with E-state index in [4.69, 9.17) is 15.0 Å². The summed E-state index contributed by atoms with van der Waals surface area (Å²) in [6.07, 6.45) is 1.82. The van der Waals surface area contributed by atoms with Crippen LogP contribution in [0.15, 0.2) is 182 Å². The fourth-order valence-electron chi connectivity index (χ4n) is 5.88. The molecule has 8 aromatic rings. The summed E-state index contributed by atoms with van der Waals surface area (Å²) in [5.41, 5.74) is 11.6. The Balaban J connectivity index is 1.28. The van der Waals surface area contributed by atoms with Crippen LogP contribution in [0.25, 0.3) is 78.8 Å². The molecule has 0 bridgehead atoms. The number of pyridine rings is 1. The molecule has 0 unspecified atom stereocenters. The average Bonchev–Trinajstić information content (AvgIpc) is 3.19. The van der Waals surface area contributed by atoms with Gasteiger partial charge in [0.1, 0.15) is 0 Å². The molecule has 0 N–H and O–H groups in total. The van der Waals surface area contributed by atoms with Gasteiger partial charge in [-0.2, -0.15) is 0 Å². The number of hydrogen-bond acceptors (Lipinski definition) is 4. The Labute approximate surface area is 280 Å². The second kappa shape index (κ2) is 13.1. The van der Waals surface area contributed by atoms with E-state index in [0.29, 0.717) is 17.5 Å². The van der Waals surface area contributed by atoms with E-state index < -0.39 is 0 Å². The van der Waals surface area contributed by atoms with E-state index in [2.05, 4.69) is 96.0 Å². The lowest BCUT2D eigenvalue weighted by molar-refractivity contribution is 1.07. The van der Waals surface area contributed by atoms with Crippen LogP contribution in [0.4, 0.5) is 0 Å². The van der Waals surface area contributed by atoms with Crippen LogP contribution in [0.2, 0.25) is 0 Å². The Kier molecular flexibility index (Phi) is 7.87. The van der Waals surface area contributed by atoms with Crippen LogP contribution in [0.1, 0.15) is 0 Å². The molecule has 2 heterocycles. The molecule has 226 valence electrons. The van der Waals surface area contributed by atoms with Crippen molar-refractivity contribution in [2.45, 2.75) is 0 Å². The normalized spacial score (nSPS) is 10.9. The van der Waals surface area contributed by atoms with E-state index in [9.17, 15) is 0 Å². The second-order valence-corrected chi connectivity index (χ2v) is 11.6. The van der Waals surface area contributed by atoms with Gasteiger partial charge >= 0.3 is 0 Å². The number of benzene rings is 6. The van der Waals surface area contributed by atoms with Crippen molar-refractivity contribution in [2.75, 3.05) is 0 Å². The van der Waals surface area contributed by atoms with Crippen LogP contribution in [0, 0.1) is 0 Å². The molecule has 2 aromatic heterocycles. The summed E-state index contributed by atoms with van der Waals surface area (Å²) < 4.78 is 0. The lowest BCUT2D eigenvalue weighted by Crippen LogP contribution is -2.00. The molecule has 0 amide bonds. The summed E-state index contributed by atoms with van der Waals surface area (Å²) in [5.74, 6) is 1.90. The first-order valence-electron chi connectivity index (χ1n) is 16.0. The minimum Gasteiger partial charge on any atom is -0.256 e. The lowest BCUT2D eigenvalue weighted by Gasteiger charge is -2.13. The first-order valence-corrected chi connectivity index (χ1v) is 16.0. The van der Waals surface area contributed by atoms with Gasteiger partial charge in [0.25, 0.3) is 0 Å². The molecule has 4 nitrogen and oxygen atoms in total. The highest BCUT2D eigenvalue weighted by Gasteiger charge is 2.15.